The van der Waals surface area contributed by atoms with Crippen LogP contribution in [0, 0.1) is 21.0 Å². The SMILES string of the molecule is O=C(c1ccc(I)c(Cl)c1)c1c(F)cc(F)cc1F. The third kappa shape index (κ3) is 2.92. The zero-order valence-electron chi connectivity index (χ0n) is 9.18. The lowest BCUT2D eigenvalue weighted by Gasteiger charge is -2.06. The van der Waals surface area contributed by atoms with Crippen molar-refractivity contribution in [3.8, 4) is 0 Å². The maximum Gasteiger partial charge on any atom is 0.198 e. The van der Waals surface area contributed by atoms with Crippen LogP contribution < -0.4 is 0 Å². The van der Waals surface area contributed by atoms with Crippen LogP contribution in [0.3, 0.4) is 0 Å². The highest BCUT2D eigenvalue weighted by molar-refractivity contribution is 14.1. The second kappa shape index (κ2) is 5.50. The van der Waals surface area contributed by atoms with E-state index in [0.717, 1.165) is 0 Å². The largest absolute Gasteiger partial charge is 0.288 e. The summed E-state index contributed by atoms with van der Waals surface area (Å²) in [6, 6.07) is 5.19. The van der Waals surface area contributed by atoms with Gasteiger partial charge in [-0.05, 0) is 40.8 Å². The predicted molar refractivity (Wildman–Crippen MR) is 73.9 cm³/mol. The number of benzene rings is 2. The van der Waals surface area contributed by atoms with Crippen LogP contribution in [0.1, 0.15) is 15.9 Å². The van der Waals surface area contributed by atoms with Gasteiger partial charge in [-0.2, -0.15) is 0 Å². The van der Waals surface area contributed by atoms with Crippen LogP contribution in [-0.4, -0.2) is 5.78 Å². The molecule has 2 rings (SSSR count). The van der Waals surface area contributed by atoms with E-state index in [1.165, 1.54) is 12.1 Å². The molecule has 19 heavy (non-hydrogen) atoms. The summed E-state index contributed by atoms with van der Waals surface area (Å²) in [5, 5.41) is 0.300. The molecule has 0 heterocycles. The number of carbonyl (C=O) groups excluding carboxylic acids is 1. The second-order valence-corrected chi connectivity index (χ2v) is 5.27. The first-order valence-corrected chi connectivity index (χ1v) is 6.50. The Kier molecular flexibility index (Phi) is 4.15. The molecule has 0 aliphatic carbocycles. The quantitative estimate of drug-likeness (QED) is 0.536. The zero-order chi connectivity index (χ0) is 14.2. The maximum atomic E-state index is 13.5. The van der Waals surface area contributed by atoms with E-state index in [2.05, 4.69) is 0 Å². The van der Waals surface area contributed by atoms with E-state index < -0.39 is 28.8 Å². The van der Waals surface area contributed by atoms with Crippen molar-refractivity contribution < 1.29 is 18.0 Å². The van der Waals surface area contributed by atoms with Crippen molar-refractivity contribution in [1.29, 1.82) is 0 Å². The van der Waals surface area contributed by atoms with Gasteiger partial charge < -0.3 is 0 Å². The smallest absolute Gasteiger partial charge is 0.198 e. The summed E-state index contributed by atoms with van der Waals surface area (Å²) in [6.45, 7) is 0. The average molecular weight is 397 g/mol. The highest BCUT2D eigenvalue weighted by Gasteiger charge is 2.20. The molecule has 0 bridgehead atoms. The Morgan fingerprint density at radius 3 is 2.16 bits per heavy atom. The predicted octanol–water partition coefficient (Wildman–Crippen LogP) is 4.59. The summed E-state index contributed by atoms with van der Waals surface area (Å²) >= 11 is 7.80. The minimum atomic E-state index is -1.24. The lowest BCUT2D eigenvalue weighted by Crippen LogP contribution is -2.08. The minimum absolute atomic E-state index is 0.0369. The van der Waals surface area contributed by atoms with Crippen molar-refractivity contribution in [3.63, 3.8) is 0 Å². The number of carbonyl (C=O) groups is 1. The van der Waals surface area contributed by atoms with Crippen LogP contribution in [0.2, 0.25) is 5.02 Å². The fourth-order valence-electron chi connectivity index (χ4n) is 1.54. The first-order chi connectivity index (χ1) is 8.90. The normalized spacial score (nSPS) is 10.6. The van der Waals surface area contributed by atoms with E-state index in [4.69, 9.17) is 11.6 Å². The third-order valence-corrected chi connectivity index (χ3v) is 3.99. The van der Waals surface area contributed by atoms with Crippen LogP contribution in [0.25, 0.3) is 0 Å². The molecule has 1 nitrogen and oxygen atoms in total. The molecule has 0 aromatic heterocycles. The average Bonchev–Trinajstić information content (AvgIpc) is 2.31. The van der Waals surface area contributed by atoms with Crippen molar-refractivity contribution in [2.45, 2.75) is 0 Å². The maximum absolute atomic E-state index is 13.5. The zero-order valence-corrected chi connectivity index (χ0v) is 12.1. The third-order valence-electron chi connectivity index (χ3n) is 2.42. The first kappa shape index (κ1) is 14.3. The Morgan fingerprint density at radius 1 is 1.05 bits per heavy atom. The van der Waals surface area contributed by atoms with E-state index in [1.807, 2.05) is 22.6 Å². The first-order valence-electron chi connectivity index (χ1n) is 5.04. The van der Waals surface area contributed by atoms with Crippen LogP contribution in [-0.2, 0) is 0 Å². The van der Waals surface area contributed by atoms with E-state index in [1.54, 1.807) is 6.07 Å². The fourth-order valence-corrected chi connectivity index (χ4v) is 2.06. The molecule has 0 spiro atoms. The van der Waals surface area contributed by atoms with Crippen LogP contribution in [0.5, 0.6) is 0 Å². The molecule has 0 saturated heterocycles. The van der Waals surface area contributed by atoms with Gasteiger partial charge >= 0.3 is 0 Å². The molecule has 0 radical (unpaired) electrons. The topological polar surface area (TPSA) is 17.1 Å². The van der Waals surface area contributed by atoms with Crippen LogP contribution >= 0.6 is 34.2 Å². The molecule has 2 aromatic carbocycles. The summed E-state index contributed by atoms with van der Waals surface area (Å²) in [5.74, 6) is -4.44. The summed E-state index contributed by atoms with van der Waals surface area (Å²) in [4.78, 5) is 12.0. The second-order valence-electron chi connectivity index (χ2n) is 3.70. The number of hydrogen-bond acceptors (Lipinski definition) is 1. The van der Waals surface area contributed by atoms with Crippen LogP contribution in [0.4, 0.5) is 13.2 Å². The molecule has 0 amide bonds. The number of rotatable bonds is 2. The molecule has 0 aliphatic rings. The van der Waals surface area contributed by atoms with Gasteiger partial charge in [-0.15, -0.1) is 0 Å². The summed E-state index contributed by atoms with van der Waals surface area (Å²) < 4.78 is 40.5. The van der Waals surface area contributed by atoms with Gasteiger partial charge in [-0.25, -0.2) is 13.2 Å². The lowest BCUT2D eigenvalue weighted by molar-refractivity contribution is 0.103. The number of hydrogen-bond donors (Lipinski definition) is 0. The molecular formula is C13H5ClF3IO. The molecule has 6 heteroatoms. The van der Waals surface area contributed by atoms with E-state index >= 15 is 0 Å². The standard InChI is InChI=1S/C13H5ClF3IO/c14-8-3-6(1-2-11(8)18)13(19)12-9(16)4-7(15)5-10(12)17/h1-5H. The van der Waals surface area contributed by atoms with Gasteiger partial charge in [0.05, 0.1) is 10.6 Å². The molecule has 0 fully saturated rings. The summed E-state index contributed by atoms with van der Waals surface area (Å²) in [7, 11) is 0. The molecule has 98 valence electrons. The van der Waals surface area contributed by atoms with E-state index in [-0.39, 0.29) is 5.56 Å². The summed E-state index contributed by atoms with van der Waals surface area (Å²) in [5.41, 5.74) is -0.756. The molecule has 0 atom stereocenters. The monoisotopic (exact) mass is 396 g/mol. The number of ketones is 1. The van der Waals surface area contributed by atoms with E-state index in [9.17, 15) is 18.0 Å². The Hall–Kier alpha value is -1.08. The van der Waals surface area contributed by atoms with Crippen molar-refractivity contribution in [2.75, 3.05) is 0 Å². The molecule has 0 saturated carbocycles. The molecule has 0 aliphatic heterocycles. The van der Waals surface area contributed by atoms with Gasteiger partial charge in [0.15, 0.2) is 5.78 Å². The van der Waals surface area contributed by atoms with Gasteiger partial charge in [-0.1, -0.05) is 11.6 Å². The van der Waals surface area contributed by atoms with Crippen molar-refractivity contribution in [1.82, 2.24) is 0 Å². The minimum Gasteiger partial charge on any atom is -0.288 e. The van der Waals surface area contributed by atoms with Gasteiger partial charge in [-0.3, -0.25) is 4.79 Å². The van der Waals surface area contributed by atoms with Gasteiger partial charge in [0.2, 0.25) is 0 Å². The van der Waals surface area contributed by atoms with Gasteiger partial charge in [0, 0.05) is 21.3 Å². The Bertz CT molecular complexity index is 650. The molecular weight excluding hydrogens is 391 g/mol. The van der Waals surface area contributed by atoms with E-state index in [0.29, 0.717) is 20.7 Å². The van der Waals surface area contributed by atoms with Crippen molar-refractivity contribution in [3.05, 3.63) is 67.5 Å². The van der Waals surface area contributed by atoms with Crippen molar-refractivity contribution in [2.24, 2.45) is 0 Å². The molecule has 0 unspecified atom stereocenters. The molecule has 2 aromatic rings. The number of halogens is 5. The highest BCUT2D eigenvalue weighted by atomic mass is 127. The Balaban J connectivity index is 2.53. The van der Waals surface area contributed by atoms with Gasteiger partial charge in [0.25, 0.3) is 0 Å². The van der Waals surface area contributed by atoms with Crippen LogP contribution in [0.15, 0.2) is 30.3 Å². The van der Waals surface area contributed by atoms with Gasteiger partial charge in [0.1, 0.15) is 17.5 Å². The summed E-state index contributed by atoms with van der Waals surface area (Å²) in [6.07, 6.45) is 0. The highest BCUT2D eigenvalue weighted by Crippen LogP contribution is 2.23. The lowest BCUT2D eigenvalue weighted by atomic mass is 10.0. The Morgan fingerprint density at radius 2 is 1.63 bits per heavy atom. The molecule has 0 N–H and O–H groups in total. The Labute approximate surface area is 125 Å². The fraction of sp³-hybridized carbons (Fsp3) is 0. The van der Waals surface area contributed by atoms with Crippen molar-refractivity contribution >= 4 is 40.0 Å².